The van der Waals surface area contributed by atoms with Crippen LogP contribution < -0.4 is 5.32 Å². The molecule has 59 heavy (non-hydrogen) atoms. The summed E-state index contributed by atoms with van der Waals surface area (Å²) in [6.07, 6.45) is -5.69. The van der Waals surface area contributed by atoms with Crippen molar-refractivity contribution in [2.75, 3.05) is 32.1 Å². The number of benzene rings is 3. The molecule has 316 valence electrons. The van der Waals surface area contributed by atoms with Crippen LogP contribution in [0.3, 0.4) is 0 Å². The van der Waals surface area contributed by atoms with Gasteiger partial charge in [-0.05, 0) is 35.9 Å². The van der Waals surface area contributed by atoms with Gasteiger partial charge in [-0.2, -0.15) is 0 Å². The molecular formula is C44H52N2O12S. The third kappa shape index (κ3) is 12.5. The van der Waals surface area contributed by atoms with Gasteiger partial charge >= 0.3 is 23.9 Å². The van der Waals surface area contributed by atoms with Crippen LogP contribution in [0.4, 0.5) is 5.69 Å². The van der Waals surface area contributed by atoms with Crippen LogP contribution in [0, 0.1) is 0 Å². The summed E-state index contributed by atoms with van der Waals surface area (Å²) in [7, 11) is 2.01. The zero-order chi connectivity index (χ0) is 42.6. The van der Waals surface area contributed by atoms with Gasteiger partial charge in [0.1, 0.15) is 18.8 Å². The minimum Gasteiger partial charge on any atom is -0.463 e. The van der Waals surface area contributed by atoms with Crippen LogP contribution in [0.5, 0.6) is 0 Å². The maximum Gasteiger partial charge on any atom is 0.303 e. The van der Waals surface area contributed by atoms with E-state index in [1.807, 2.05) is 79.9 Å². The van der Waals surface area contributed by atoms with E-state index in [9.17, 15) is 24.3 Å². The lowest BCUT2D eigenvalue weighted by Crippen LogP contribution is -2.62. The van der Waals surface area contributed by atoms with E-state index in [0.29, 0.717) is 24.3 Å². The molecule has 15 heteroatoms. The van der Waals surface area contributed by atoms with Gasteiger partial charge < -0.3 is 48.5 Å². The molecule has 2 heterocycles. The van der Waals surface area contributed by atoms with Gasteiger partial charge in [-0.25, -0.2) is 0 Å². The van der Waals surface area contributed by atoms with Crippen molar-refractivity contribution in [1.82, 2.24) is 4.90 Å². The maximum atomic E-state index is 12.4. The van der Waals surface area contributed by atoms with Gasteiger partial charge in [-0.1, -0.05) is 85.0 Å². The monoisotopic (exact) mass is 832 g/mol. The number of nitrogens with one attached hydrogen (secondary N) is 1. The summed E-state index contributed by atoms with van der Waals surface area (Å²) < 4.78 is 41.9. The van der Waals surface area contributed by atoms with Gasteiger partial charge in [0.25, 0.3) is 0 Å². The number of carbonyl (C=O) groups is 4. The van der Waals surface area contributed by atoms with Gasteiger partial charge in [-0.15, -0.1) is 6.58 Å². The Hall–Kier alpha value is -5.03. The Morgan fingerprint density at radius 3 is 2.00 bits per heavy atom. The van der Waals surface area contributed by atoms with Crippen molar-refractivity contribution in [2.45, 2.75) is 95.7 Å². The summed E-state index contributed by atoms with van der Waals surface area (Å²) in [4.78, 5) is 51.0. The SMILES string of the molecule is C=CCN(C)CC1OC(c2cccc(NC(=S)CC3OC(COC(C)=O)C(OC(C)=O)C(OC(C)=O)C3OC(C)=O)c2)OC(c2ccc(CO)cc2)C1c1ccccc1. The number of carbonyl (C=O) groups excluding carboxylic acids is 4. The molecule has 0 aliphatic carbocycles. The van der Waals surface area contributed by atoms with Gasteiger partial charge in [0, 0.05) is 64.4 Å². The Labute approximate surface area is 349 Å². The van der Waals surface area contributed by atoms with Gasteiger partial charge in [0.05, 0.1) is 23.8 Å². The van der Waals surface area contributed by atoms with E-state index in [-0.39, 0.29) is 36.6 Å². The molecule has 0 saturated carbocycles. The summed E-state index contributed by atoms with van der Waals surface area (Å²) in [5.41, 5.74) is 4.09. The largest absolute Gasteiger partial charge is 0.463 e. The number of hydrogen-bond acceptors (Lipinski definition) is 14. The molecule has 5 rings (SSSR count). The molecule has 2 N–H and O–H groups in total. The van der Waals surface area contributed by atoms with Crippen molar-refractivity contribution in [1.29, 1.82) is 0 Å². The topological polar surface area (TPSA) is 168 Å². The first-order valence-electron chi connectivity index (χ1n) is 19.3. The third-order valence-electron chi connectivity index (χ3n) is 9.82. The van der Waals surface area contributed by atoms with Crippen LogP contribution in [0.25, 0.3) is 0 Å². The van der Waals surface area contributed by atoms with Crippen molar-refractivity contribution in [3.05, 3.63) is 114 Å². The fourth-order valence-corrected chi connectivity index (χ4v) is 7.69. The molecule has 2 aliphatic rings. The fourth-order valence-electron chi connectivity index (χ4n) is 7.41. The summed E-state index contributed by atoms with van der Waals surface area (Å²) in [6, 6.07) is 25.3. The number of aliphatic hydroxyl groups excluding tert-OH is 1. The number of anilines is 1. The highest BCUT2D eigenvalue weighted by Crippen LogP contribution is 2.47. The molecule has 2 aliphatic heterocycles. The molecule has 0 radical (unpaired) electrons. The highest BCUT2D eigenvalue weighted by atomic mass is 32.1. The lowest BCUT2D eigenvalue weighted by Gasteiger charge is -2.44. The van der Waals surface area contributed by atoms with Crippen LogP contribution in [-0.4, -0.2) is 102 Å². The first-order valence-corrected chi connectivity index (χ1v) is 19.7. The number of nitrogens with zero attached hydrogens (tertiary/aromatic N) is 1. The van der Waals surface area contributed by atoms with E-state index in [4.69, 9.17) is 45.4 Å². The van der Waals surface area contributed by atoms with Crippen LogP contribution in [0.1, 0.15) is 74.7 Å². The highest BCUT2D eigenvalue weighted by Gasteiger charge is 2.52. The highest BCUT2D eigenvalue weighted by molar-refractivity contribution is 7.80. The van der Waals surface area contributed by atoms with Crippen LogP contribution in [-0.2, 0) is 58.9 Å². The summed E-state index contributed by atoms with van der Waals surface area (Å²) >= 11 is 5.81. The quantitative estimate of drug-likeness (QED) is 0.0804. The fraction of sp³-hybridized carbons (Fsp3) is 0.432. The average molecular weight is 833 g/mol. The normalized spacial score (nSPS) is 25.3. The molecule has 9 atom stereocenters. The van der Waals surface area contributed by atoms with Gasteiger partial charge in [0.2, 0.25) is 0 Å². The van der Waals surface area contributed by atoms with E-state index in [1.165, 1.54) is 20.8 Å². The molecule has 2 saturated heterocycles. The van der Waals surface area contributed by atoms with E-state index in [0.717, 1.165) is 23.6 Å². The lowest BCUT2D eigenvalue weighted by molar-refractivity contribution is -0.263. The second-order valence-electron chi connectivity index (χ2n) is 14.5. The Morgan fingerprint density at radius 1 is 0.763 bits per heavy atom. The smallest absolute Gasteiger partial charge is 0.303 e. The summed E-state index contributed by atoms with van der Waals surface area (Å²) in [6.45, 7) is 9.44. The third-order valence-corrected chi connectivity index (χ3v) is 10.1. The first-order chi connectivity index (χ1) is 28.3. The van der Waals surface area contributed by atoms with Gasteiger partial charge in [0.15, 0.2) is 24.6 Å². The van der Waals surface area contributed by atoms with E-state index in [2.05, 4.69) is 28.9 Å². The molecule has 0 bridgehead atoms. The molecule has 3 aromatic carbocycles. The number of likely N-dealkylation sites (N-methyl/N-ethyl adjacent to an activating group) is 1. The minimum absolute atomic E-state index is 0.0442. The van der Waals surface area contributed by atoms with Crippen molar-refractivity contribution in [3.63, 3.8) is 0 Å². The number of hydrogen-bond donors (Lipinski definition) is 2. The lowest BCUT2D eigenvalue weighted by atomic mass is 9.83. The second kappa shape index (κ2) is 21.3. The number of aliphatic hydroxyl groups is 1. The molecule has 0 amide bonds. The first kappa shape index (κ1) is 45.1. The summed E-state index contributed by atoms with van der Waals surface area (Å²) in [5, 5.41) is 13.0. The zero-order valence-corrected chi connectivity index (χ0v) is 34.6. The van der Waals surface area contributed by atoms with E-state index in [1.54, 1.807) is 0 Å². The van der Waals surface area contributed by atoms with Crippen LogP contribution >= 0.6 is 12.2 Å². The molecule has 9 unspecified atom stereocenters. The second-order valence-corrected chi connectivity index (χ2v) is 15.0. The Morgan fingerprint density at radius 2 is 1.39 bits per heavy atom. The molecule has 2 fully saturated rings. The van der Waals surface area contributed by atoms with Crippen molar-refractivity contribution >= 4 is 46.8 Å². The number of esters is 4. The van der Waals surface area contributed by atoms with Crippen LogP contribution in [0.2, 0.25) is 0 Å². The maximum absolute atomic E-state index is 12.4. The van der Waals surface area contributed by atoms with Crippen LogP contribution in [0.15, 0.2) is 91.5 Å². The Balaban J connectivity index is 1.43. The minimum atomic E-state index is -1.31. The van der Waals surface area contributed by atoms with Gasteiger partial charge in [-0.3, -0.25) is 19.2 Å². The predicted octanol–water partition coefficient (Wildman–Crippen LogP) is 5.49. The average Bonchev–Trinajstić information content (AvgIpc) is 3.19. The summed E-state index contributed by atoms with van der Waals surface area (Å²) in [5.74, 6) is -2.95. The molecule has 3 aromatic rings. The van der Waals surface area contributed by atoms with Crippen molar-refractivity contribution < 1.29 is 57.4 Å². The van der Waals surface area contributed by atoms with E-state index < -0.39 is 66.8 Å². The van der Waals surface area contributed by atoms with E-state index >= 15 is 0 Å². The molecular weight excluding hydrogens is 781 g/mol. The number of rotatable bonds is 16. The molecule has 0 spiro atoms. The standard InChI is InChI=1S/C44H52N2O12S/c1-7-20-46(6)23-36-39(31-12-9-8-10-13-31)40(32-18-16-30(24-47)17-19-32)58-44(57-36)33-14-11-15-34(21-33)45-38(59)22-35-41(53-27(3)49)43(55-29(5)51)42(54-28(4)50)37(56-35)25-52-26(2)48/h7-19,21,35-37,39-44,47H,1,20,22-25H2,2-6H3,(H,45,59). The number of ether oxygens (including phenoxy) is 7. The zero-order valence-electron chi connectivity index (χ0n) is 33.8. The Bertz CT molecular complexity index is 1930. The molecule has 0 aromatic heterocycles. The predicted molar refractivity (Wildman–Crippen MR) is 220 cm³/mol. The van der Waals surface area contributed by atoms with Crippen molar-refractivity contribution in [3.8, 4) is 0 Å². The van der Waals surface area contributed by atoms with Crippen molar-refractivity contribution in [2.24, 2.45) is 0 Å². The Kier molecular flexibility index (Phi) is 16.3. The molecule has 14 nitrogen and oxygen atoms in total. The number of thiocarbonyl (C=S) groups is 1.